The Bertz CT molecular complexity index is 743. The summed E-state index contributed by atoms with van der Waals surface area (Å²) in [4.78, 5) is 28.2. The third kappa shape index (κ3) is 3.91. The Balaban J connectivity index is 2.28. The van der Waals surface area contributed by atoms with Gasteiger partial charge >= 0.3 is 0 Å². The lowest BCUT2D eigenvalue weighted by molar-refractivity contribution is 0.0679. The average Bonchev–Trinajstić information content (AvgIpc) is 2.85. The van der Waals surface area contributed by atoms with Gasteiger partial charge in [-0.2, -0.15) is 5.10 Å². The summed E-state index contributed by atoms with van der Waals surface area (Å²) in [5, 5.41) is 4.51. The number of carbonyl (C=O) groups excluding carboxylic acids is 1. The third-order valence-corrected chi connectivity index (χ3v) is 4.06. The maximum absolute atomic E-state index is 12.8. The second kappa shape index (κ2) is 7.92. The number of hydrogen-bond acceptors (Lipinski definition) is 4. The minimum atomic E-state index is -0.231. The van der Waals surface area contributed by atoms with E-state index in [1.807, 2.05) is 25.5 Å². The van der Waals surface area contributed by atoms with Crippen LogP contribution in [0.5, 0.6) is 0 Å². The van der Waals surface area contributed by atoms with Gasteiger partial charge < -0.3 is 14.6 Å². The summed E-state index contributed by atoms with van der Waals surface area (Å²) in [5.41, 5.74) is 3.25. The Kier molecular flexibility index (Phi) is 5.92. The molecule has 0 aliphatic carbocycles. The number of pyridine rings is 1. The molecular weight excluding hydrogens is 308 g/mol. The Hall–Kier alpha value is -2.41. The minimum Gasteiger partial charge on any atom is -0.383 e. The van der Waals surface area contributed by atoms with Crippen molar-refractivity contribution in [2.24, 2.45) is 0 Å². The third-order valence-electron chi connectivity index (χ3n) is 4.06. The van der Waals surface area contributed by atoms with Crippen LogP contribution in [0.1, 0.15) is 34.2 Å². The predicted molar refractivity (Wildman–Crippen MR) is 91.1 cm³/mol. The first-order valence-corrected chi connectivity index (χ1v) is 7.97. The van der Waals surface area contributed by atoms with Crippen molar-refractivity contribution in [2.45, 2.75) is 33.9 Å². The van der Waals surface area contributed by atoms with Gasteiger partial charge in [-0.15, -0.1) is 0 Å². The normalized spacial score (nSPS) is 10.8. The summed E-state index contributed by atoms with van der Waals surface area (Å²) in [5.74, 6) is -0.147. The fraction of sp³-hybridized carbons (Fsp3) is 0.471. The number of aromatic nitrogens is 3. The van der Waals surface area contributed by atoms with Gasteiger partial charge in [0, 0.05) is 50.3 Å². The van der Waals surface area contributed by atoms with Gasteiger partial charge in [0.15, 0.2) is 0 Å². The van der Waals surface area contributed by atoms with E-state index in [0.717, 1.165) is 23.5 Å². The summed E-state index contributed by atoms with van der Waals surface area (Å²) in [6.45, 7) is 8.15. The number of ether oxygens (including phenoxy) is 1. The van der Waals surface area contributed by atoms with Gasteiger partial charge in [-0.3, -0.25) is 14.3 Å². The van der Waals surface area contributed by atoms with Gasteiger partial charge in [-0.1, -0.05) is 0 Å². The van der Waals surface area contributed by atoms with Gasteiger partial charge in [0.05, 0.1) is 17.9 Å². The summed E-state index contributed by atoms with van der Waals surface area (Å²) in [6.07, 6.45) is 1.44. The summed E-state index contributed by atoms with van der Waals surface area (Å²) < 4.78 is 7.06. The molecule has 0 unspecified atom stereocenters. The van der Waals surface area contributed by atoms with Crippen LogP contribution in [-0.2, 0) is 17.8 Å². The van der Waals surface area contributed by atoms with Crippen LogP contribution in [0.25, 0.3) is 0 Å². The zero-order valence-corrected chi connectivity index (χ0v) is 14.6. The van der Waals surface area contributed by atoms with E-state index in [1.165, 1.54) is 18.3 Å². The number of carbonyl (C=O) groups is 1. The maximum Gasteiger partial charge on any atom is 0.255 e. The quantitative estimate of drug-likeness (QED) is 0.833. The Morgan fingerprint density at radius 2 is 2.12 bits per heavy atom. The fourth-order valence-corrected chi connectivity index (χ4v) is 2.64. The van der Waals surface area contributed by atoms with Gasteiger partial charge in [0.1, 0.15) is 0 Å². The lowest BCUT2D eigenvalue weighted by Gasteiger charge is -2.22. The summed E-state index contributed by atoms with van der Waals surface area (Å²) in [6, 6.07) is 2.89. The molecule has 2 heterocycles. The van der Waals surface area contributed by atoms with Crippen LogP contribution in [0.2, 0.25) is 0 Å². The van der Waals surface area contributed by atoms with E-state index in [-0.39, 0.29) is 11.5 Å². The molecule has 0 fully saturated rings. The van der Waals surface area contributed by atoms with Crippen molar-refractivity contribution < 1.29 is 9.53 Å². The molecular formula is C17H24N4O3. The largest absolute Gasteiger partial charge is 0.383 e. The van der Waals surface area contributed by atoms with E-state index in [9.17, 15) is 9.59 Å². The number of nitrogens with zero attached hydrogens (tertiary/aromatic N) is 3. The molecule has 0 radical (unpaired) electrons. The number of hydrogen-bond donors (Lipinski definition) is 1. The molecule has 7 heteroatoms. The van der Waals surface area contributed by atoms with Crippen LogP contribution < -0.4 is 5.56 Å². The molecule has 0 aliphatic rings. The van der Waals surface area contributed by atoms with Crippen LogP contribution in [-0.4, -0.2) is 45.8 Å². The molecule has 0 saturated carbocycles. The van der Waals surface area contributed by atoms with Crippen molar-refractivity contribution in [1.29, 1.82) is 0 Å². The molecule has 0 aromatic carbocycles. The number of aryl methyl sites for hydroxylation is 2. The van der Waals surface area contributed by atoms with E-state index in [0.29, 0.717) is 25.3 Å². The predicted octanol–water partition coefficient (Wildman–Crippen LogP) is 1.50. The minimum absolute atomic E-state index is 0.147. The molecule has 2 aromatic rings. The maximum atomic E-state index is 12.8. The number of methoxy groups -OCH3 is 1. The molecule has 1 N–H and O–H groups in total. The molecule has 2 aromatic heterocycles. The molecule has 130 valence electrons. The van der Waals surface area contributed by atoms with Crippen LogP contribution in [0.15, 0.2) is 23.1 Å². The van der Waals surface area contributed by atoms with Gasteiger partial charge in [0.2, 0.25) is 5.56 Å². The molecule has 1 amide bonds. The zero-order valence-electron chi connectivity index (χ0n) is 14.6. The van der Waals surface area contributed by atoms with Crippen molar-refractivity contribution in [3.8, 4) is 0 Å². The second-order valence-electron chi connectivity index (χ2n) is 5.63. The van der Waals surface area contributed by atoms with E-state index in [2.05, 4.69) is 10.1 Å². The van der Waals surface area contributed by atoms with Crippen LogP contribution in [0.4, 0.5) is 0 Å². The van der Waals surface area contributed by atoms with Crippen molar-refractivity contribution in [3.63, 3.8) is 0 Å². The lowest BCUT2D eigenvalue weighted by Crippen LogP contribution is -2.34. The van der Waals surface area contributed by atoms with E-state index in [4.69, 9.17) is 4.74 Å². The van der Waals surface area contributed by atoms with Crippen LogP contribution in [0, 0.1) is 13.8 Å². The van der Waals surface area contributed by atoms with E-state index >= 15 is 0 Å². The van der Waals surface area contributed by atoms with Crippen molar-refractivity contribution in [2.75, 3.05) is 20.3 Å². The SMILES string of the molecule is CCn1nc(C)c(CN(CCOC)C(=O)c2ccc(=O)[nH]c2)c1C. The Morgan fingerprint density at radius 3 is 2.67 bits per heavy atom. The number of nitrogens with one attached hydrogen (secondary N) is 1. The summed E-state index contributed by atoms with van der Waals surface area (Å²) >= 11 is 0. The standard InChI is InChI=1S/C17H24N4O3/c1-5-21-13(3)15(12(2)19-21)11-20(8-9-24-4)17(23)14-6-7-16(22)18-10-14/h6-7,10H,5,8-9,11H2,1-4H3,(H,18,22). The monoisotopic (exact) mass is 332 g/mol. The Morgan fingerprint density at radius 1 is 1.38 bits per heavy atom. The molecule has 0 aliphatic heterocycles. The highest BCUT2D eigenvalue weighted by Crippen LogP contribution is 2.17. The molecule has 0 bridgehead atoms. The van der Waals surface area contributed by atoms with Crippen LogP contribution >= 0.6 is 0 Å². The van der Waals surface area contributed by atoms with E-state index < -0.39 is 0 Å². The summed E-state index contributed by atoms with van der Waals surface area (Å²) in [7, 11) is 1.61. The highest BCUT2D eigenvalue weighted by atomic mass is 16.5. The van der Waals surface area contributed by atoms with Gasteiger partial charge in [0.25, 0.3) is 5.91 Å². The first kappa shape index (κ1) is 17.9. The number of aromatic amines is 1. The fourth-order valence-electron chi connectivity index (χ4n) is 2.64. The topological polar surface area (TPSA) is 80.2 Å². The first-order valence-electron chi connectivity index (χ1n) is 7.97. The van der Waals surface area contributed by atoms with Crippen molar-refractivity contribution >= 4 is 5.91 Å². The van der Waals surface area contributed by atoms with Crippen molar-refractivity contribution in [3.05, 3.63) is 51.2 Å². The first-order chi connectivity index (χ1) is 11.5. The van der Waals surface area contributed by atoms with Crippen molar-refractivity contribution in [1.82, 2.24) is 19.7 Å². The Labute approximate surface area is 141 Å². The number of rotatable bonds is 7. The van der Waals surface area contributed by atoms with E-state index in [1.54, 1.807) is 12.0 Å². The molecule has 2 rings (SSSR count). The number of H-pyrrole nitrogens is 1. The second-order valence-corrected chi connectivity index (χ2v) is 5.63. The molecule has 24 heavy (non-hydrogen) atoms. The zero-order chi connectivity index (χ0) is 17.7. The van der Waals surface area contributed by atoms with Crippen LogP contribution in [0.3, 0.4) is 0 Å². The molecule has 0 saturated heterocycles. The highest BCUT2D eigenvalue weighted by Gasteiger charge is 2.20. The average molecular weight is 332 g/mol. The van der Waals surface area contributed by atoms with Gasteiger partial charge in [-0.05, 0) is 26.8 Å². The molecule has 7 nitrogen and oxygen atoms in total. The molecule has 0 spiro atoms. The smallest absolute Gasteiger partial charge is 0.255 e. The molecule has 0 atom stereocenters. The highest BCUT2D eigenvalue weighted by molar-refractivity contribution is 5.93. The van der Waals surface area contributed by atoms with Gasteiger partial charge in [-0.25, -0.2) is 0 Å². The number of amides is 1. The lowest BCUT2D eigenvalue weighted by atomic mass is 10.1.